The van der Waals surface area contributed by atoms with E-state index < -0.39 is 6.04 Å². The second kappa shape index (κ2) is 11.9. The van der Waals surface area contributed by atoms with Gasteiger partial charge in [0.2, 0.25) is 5.91 Å². The lowest BCUT2D eigenvalue weighted by Crippen LogP contribution is -2.50. The molecule has 0 radical (unpaired) electrons. The first-order valence-electron chi connectivity index (χ1n) is 10.8. The molecule has 0 unspecified atom stereocenters. The van der Waals surface area contributed by atoms with Gasteiger partial charge in [0.25, 0.3) is 5.91 Å². The molecule has 2 aromatic rings. The summed E-state index contributed by atoms with van der Waals surface area (Å²) in [7, 11) is 0. The Morgan fingerprint density at radius 1 is 1.10 bits per heavy atom. The predicted molar refractivity (Wildman–Crippen MR) is 128 cm³/mol. The van der Waals surface area contributed by atoms with E-state index >= 15 is 0 Å². The Labute approximate surface area is 194 Å². The highest BCUT2D eigenvalue weighted by Gasteiger charge is 2.28. The Hall–Kier alpha value is -2.34. The Bertz CT molecular complexity index is 890. The zero-order valence-corrected chi connectivity index (χ0v) is 20.7. The Balaban J connectivity index is 2.23. The van der Waals surface area contributed by atoms with E-state index in [1.807, 2.05) is 71.0 Å². The van der Waals surface area contributed by atoms with Crippen LogP contribution < -0.4 is 10.1 Å². The molecule has 31 heavy (non-hydrogen) atoms. The summed E-state index contributed by atoms with van der Waals surface area (Å²) in [4.78, 5) is 27.7. The summed E-state index contributed by atoms with van der Waals surface area (Å²) in [5.74, 6) is 0.310. The number of carbonyl (C=O) groups is 2. The van der Waals surface area contributed by atoms with Gasteiger partial charge in [-0.05, 0) is 62.4 Å². The molecule has 0 spiro atoms. The highest BCUT2D eigenvalue weighted by Crippen LogP contribution is 2.26. The van der Waals surface area contributed by atoms with Crippen molar-refractivity contribution in [3.8, 4) is 5.75 Å². The van der Waals surface area contributed by atoms with Gasteiger partial charge in [-0.25, -0.2) is 0 Å². The van der Waals surface area contributed by atoms with Crippen molar-refractivity contribution in [3.05, 3.63) is 63.1 Å². The van der Waals surface area contributed by atoms with Crippen LogP contribution >= 0.6 is 15.9 Å². The molecule has 0 aliphatic heterocycles. The largest absolute Gasteiger partial charge is 0.484 e. The number of carbonyl (C=O) groups excluding carboxylic acids is 2. The van der Waals surface area contributed by atoms with Gasteiger partial charge in [-0.2, -0.15) is 0 Å². The Kier molecular flexibility index (Phi) is 9.56. The molecule has 2 aromatic carbocycles. The van der Waals surface area contributed by atoms with Gasteiger partial charge >= 0.3 is 0 Å². The van der Waals surface area contributed by atoms with Crippen molar-refractivity contribution < 1.29 is 14.3 Å². The van der Waals surface area contributed by atoms with Crippen molar-refractivity contribution in [3.63, 3.8) is 0 Å². The lowest BCUT2D eigenvalue weighted by molar-refractivity contribution is -0.143. The minimum Gasteiger partial charge on any atom is -0.484 e. The summed E-state index contributed by atoms with van der Waals surface area (Å²) >= 11 is 3.55. The molecule has 2 amide bonds. The number of ether oxygens (including phenoxy) is 1. The van der Waals surface area contributed by atoms with E-state index in [1.165, 1.54) is 0 Å². The first kappa shape index (κ1) is 24.9. The second-order valence-corrected chi connectivity index (χ2v) is 8.68. The third kappa shape index (κ3) is 7.10. The lowest BCUT2D eigenvalue weighted by Gasteiger charge is -2.30. The van der Waals surface area contributed by atoms with E-state index in [-0.39, 0.29) is 18.4 Å². The van der Waals surface area contributed by atoms with Gasteiger partial charge in [-0.3, -0.25) is 9.59 Å². The molecule has 1 N–H and O–H groups in total. The maximum absolute atomic E-state index is 13.2. The van der Waals surface area contributed by atoms with Gasteiger partial charge in [0, 0.05) is 17.6 Å². The standard InChI is InChI=1S/C25H33BrN2O3/c1-6-11-27-25(30)22(7-2)28(15-20-10-8-9-17(3)12-20)23(29)16-31-21-13-18(4)24(26)19(5)14-21/h8-10,12-14,22H,6-7,11,15-16H2,1-5H3,(H,27,30)/t22-/m0/s1. The molecule has 168 valence electrons. The number of amides is 2. The molecule has 0 aliphatic carbocycles. The molecule has 0 fully saturated rings. The molecule has 1 atom stereocenters. The minimum absolute atomic E-state index is 0.121. The fourth-order valence-corrected chi connectivity index (χ4v) is 3.74. The molecule has 5 nitrogen and oxygen atoms in total. The number of nitrogens with one attached hydrogen (secondary N) is 1. The number of halogens is 1. The SMILES string of the molecule is CCCNC(=O)[C@H](CC)N(Cc1cccc(C)c1)C(=O)COc1cc(C)c(Br)c(C)c1. The van der Waals surface area contributed by atoms with Crippen LogP contribution in [-0.4, -0.2) is 35.9 Å². The van der Waals surface area contributed by atoms with Crippen LogP contribution in [0.4, 0.5) is 0 Å². The van der Waals surface area contributed by atoms with Crippen LogP contribution in [0.1, 0.15) is 48.9 Å². The van der Waals surface area contributed by atoms with Crippen molar-refractivity contribution in [1.29, 1.82) is 0 Å². The number of rotatable bonds is 10. The second-order valence-electron chi connectivity index (χ2n) is 7.89. The molecular formula is C25H33BrN2O3. The Morgan fingerprint density at radius 2 is 1.77 bits per heavy atom. The van der Waals surface area contributed by atoms with Crippen molar-refractivity contribution in [2.45, 2.75) is 60.0 Å². The summed E-state index contributed by atoms with van der Waals surface area (Å²) < 4.78 is 6.87. The van der Waals surface area contributed by atoms with Crippen LogP contribution in [0.3, 0.4) is 0 Å². The van der Waals surface area contributed by atoms with Crippen LogP contribution in [0, 0.1) is 20.8 Å². The smallest absolute Gasteiger partial charge is 0.261 e. The molecule has 0 saturated heterocycles. The summed E-state index contributed by atoms with van der Waals surface area (Å²) in [6, 6.07) is 11.3. The zero-order chi connectivity index (χ0) is 23.0. The summed E-state index contributed by atoms with van der Waals surface area (Å²) in [6.45, 7) is 10.8. The van der Waals surface area contributed by atoms with E-state index in [1.54, 1.807) is 4.90 Å². The molecule has 0 bridgehead atoms. The number of benzene rings is 2. The van der Waals surface area contributed by atoms with Crippen molar-refractivity contribution in [2.24, 2.45) is 0 Å². The van der Waals surface area contributed by atoms with Gasteiger partial charge in [0.1, 0.15) is 11.8 Å². The van der Waals surface area contributed by atoms with E-state index in [9.17, 15) is 9.59 Å². The highest BCUT2D eigenvalue weighted by molar-refractivity contribution is 9.10. The van der Waals surface area contributed by atoms with Crippen molar-refractivity contribution in [1.82, 2.24) is 10.2 Å². The normalized spacial score (nSPS) is 11.7. The molecule has 0 heterocycles. The number of nitrogens with zero attached hydrogens (tertiary/aromatic N) is 1. The quantitative estimate of drug-likeness (QED) is 0.506. The van der Waals surface area contributed by atoms with Crippen molar-refractivity contribution >= 4 is 27.7 Å². The number of hydrogen-bond acceptors (Lipinski definition) is 3. The van der Waals surface area contributed by atoms with Gasteiger partial charge in [-0.1, -0.05) is 59.6 Å². The van der Waals surface area contributed by atoms with Crippen LogP contribution in [-0.2, 0) is 16.1 Å². The number of hydrogen-bond donors (Lipinski definition) is 1. The van der Waals surface area contributed by atoms with Crippen LogP contribution in [0.5, 0.6) is 5.75 Å². The minimum atomic E-state index is -0.545. The first-order valence-corrected chi connectivity index (χ1v) is 11.6. The maximum atomic E-state index is 13.2. The molecular weight excluding hydrogens is 456 g/mol. The molecule has 2 rings (SSSR count). The number of aryl methyl sites for hydroxylation is 3. The maximum Gasteiger partial charge on any atom is 0.261 e. The van der Waals surface area contributed by atoms with Crippen LogP contribution in [0.25, 0.3) is 0 Å². The molecule has 6 heteroatoms. The van der Waals surface area contributed by atoms with Gasteiger partial charge in [-0.15, -0.1) is 0 Å². The van der Waals surface area contributed by atoms with E-state index in [2.05, 4.69) is 21.2 Å². The Morgan fingerprint density at radius 3 is 2.35 bits per heavy atom. The van der Waals surface area contributed by atoms with E-state index in [0.717, 1.165) is 33.1 Å². The highest BCUT2D eigenvalue weighted by atomic mass is 79.9. The average molecular weight is 489 g/mol. The van der Waals surface area contributed by atoms with Gasteiger partial charge < -0.3 is 15.0 Å². The topological polar surface area (TPSA) is 58.6 Å². The molecule has 0 aromatic heterocycles. The third-order valence-corrected chi connectivity index (χ3v) is 6.39. The fourth-order valence-electron chi connectivity index (χ4n) is 3.51. The fraction of sp³-hybridized carbons (Fsp3) is 0.440. The predicted octanol–water partition coefficient (Wildman–Crippen LogP) is 5.09. The first-order chi connectivity index (χ1) is 14.8. The van der Waals surface area contributed by atoms with Crippen LogP contribution in [0.2, 0.25) is 0 Å². The molecule has 0 saturated carbocycles. The summed E-state index contributed by atoms with van der Waals surface area (Å²) in [6.07, 6.45) is 1.38. The summed E-state index contributed by atoms with van der Waals surface area (Å²) in [5, 5.41) is 2.93. The monoisotopic (exact) mass is 488 g/mol. The van der Waals surface area contributed by atoms with E-state index in [4.69, 9.17) is 4.74 Å². The average Bonchev–Trinajstić information content (AvgIpc) is 2.74. The van der Waals surface area contributed by atoms with E-state index in [0.29, 0.717) is 25.3 Å². The van der Waals surface area contributed by atoms with Crippen molar-refractivity contribution in [2.75, 3.05) is 13.2 Å². The van der Waals surface area contributed by atoms with Gasteiger partial charge in [0.15, 0.2) is 6.61 Å². The lowest BCUT2D eigenvalue weighted by atomic mass is 10.1. The molecule has 0 aliphatic rings. The van der Waals surface area contributed by atoms with Crippen LogP contribution in [0.15, 0.2) is 40.9 Å². The summed E-state index contributed by atoms with van der Waals surface area (Å²) in [5.41, 5.74) is 4.20. The van der Waals surface area contributed by atoms with Gasteiger partial charge in [0.05, 0.1) is 0 Å². The third-order valence-electron chi connectivity index (χ3n) is 5.14. The zero-order valence-electron chi connectivity index (χ0n) is 19.1.